The molecule has 2 amide bonds. The van der Waals surface area contributed by atoms with Crippen LogP contribution in [0.4, 0.5) is 4.79 Å². The number of aliphatic carboxylic acids is 1. The Kier molecular flexibility index (Phi) is 10.7. The van der Waals surface area contributed by atoms with Gasteiger partial charge in [-0.1, -0.05) is 50.6 Å². The molecule has 0 saturated carbocycles. The van der Waals surface area contributed by atoms with Crippen LogP contribution in [0.5, 0.6) is 0 Å². The number of benzene rings is 1. The van der Waals surface area contributed by atoms with Gasteiger partial charge in [0.25, 0.3) is 0 Å². The average molecular weight is 421 g/mol. The summed E-state index contributed by atoms with van der Waals surface area (Å²) in [7, 11) is 0. The molecule has 10 heteroatoms. The van der Waals surface area contributed by atoms with E-state index in [4.69, 9.17) is 16.2 Å². The fourth-order valence-electron chi connectivity index (χ4n) is 2.62. The number of nitrogens with two attached hydrogens (primary N) is 2. The van der Waals surface area contributed by atoms with Crippen molar-refractivity contribution in [1.82, 2.24) is 10.6 Å². The average Bonchev–Trinajstić information content (AvgIpc) is 2.72. The summed E-state index contributed by atoms with van der Waals surface area (Å²) in [6, 6.07) is 7.02. The number of guanidine groups is 1. The summed E-state index contributed by atoms with van der Waals surface area (Å²) in [5.74, 6) is -2.10. The van der Waals surface area contributed by atoms with Gasteiger partial charge in [0.1, 0.15) is 18.7 Å². The highest BCUT2D eigenvalue weighted by molar-refractivity contribution is 5.89. The van der Waals surface area contributed by atoms with Gasteiger partial charge in [0, 0.05) is 6.54 Å². The fraction of sp³-hybridized carbons (Fsp3) is 0.500. The van der Waals surface area contributed by atoms with Gasteiger partial charge in [0.2, 0.25) is 5.91 Å². The molecule has 10 nitrogen and oxygen atoms in total. The van der Waals surface area contributed by atoms with Gasteiger partial charge in [-0.3, -0.25) is 9.79 Å². The van der Waals surface area contributed by atoms with E-state index >= 15 is 0 Å². The highest BCUT2D eigenvalue weighted by atomic mass is 16.5. The maximum absolute atomic E-state index is 12.7. The number of rotatable bonds is 12. The van der Waals surface area contributed by atoms with Crippen LogP contribution in [-0.4, -0.2) is 47.7 Å². The van der Waals surface area contributed by atoms with Crippen LogP contribution in [0, 0.1) is 5.92 Å². The topological polar surface area (TPSA) is 169 Å². The van der Waals surface area contributed by atoms with Crippen molar-refractivity contribution >= 4 is 23.9 Å². The lowest BCUT2D eigenvalue weighted by atomic mass is 9.98. The maximum Gasteiger partial charge on any atom is 0.408 e. The van der Waals surface area contributed by atoms with Gasteiger partial charge < -0.3 is 31.9 Å². The van der Waals surface area contributed by atoms with Crippen molar-refractivity contribution in [3.05, 3.63) is 35.9 Å². The summed E-state index contributed by atoms with van der Waals surface area (Å²) < 4.78 is 5.16. The van der Waals surface area contributed by atoms with Gasteiger partial charge in [-0.05, 0) is 24.3 Å². The minimum absolute atomic E-state index is 0.0413. The Bertz CT molecular complexity index is 722. The second-order valence-electron chi connectivity index (χ2n) is 6.92. The minimum Gasteiger partial charge on any atom is -0.480 e. The number of hydrogen-bond donors (Lipinski definition) is 5. The Labute approximate surface area is 176 Å². The normalized spacial score (nSPS) is 13.4. The van der Waals surface area contributed by atoms with Crippen molar-refractivity contribution in [2.24, 2.45) is 22.4 Å². The van der Waals surface area contributed by atoms with Crippen molar-refractivity contribution in [2.45, 2.75) is 51.8 Å². The first kappa shape index (κ1) is 24.7. The molecule has 1 aromatic carbocycles. The first-order chi connectivity index (χ1) is 14.2. The first-order valence-electron chi connectivity index (χ1n) is 9.80. The molecular weight excluding hydrogens is 390 g/mol. The minimum atomic E-state index is -1.14. The molecule has 30 heavy (non-hydrogen) atoms. The quantitative estimate of drug-likeness (QED) is 0.190. The highest BCUT2D eigenvalue weighted by Gasteiger charge is 2.29. The van der Waals surface area contributed by atoms with Gasteiger partial charge in [-0.15, -0.1) is 0 Å². The van der Waals surface area contributed by atoms with E-state index in [1.54, 1.807) is 19.1 Å². The van der Waals surface area contributed by atoms with Crippen LogP contribution in [0.3, 0.4) is 0 Å². The van der Waals surface area contributed by atoms with E-state index in [1.165, 1.54) is 0 Å². The standard InChI is InChI=1S/C20H31N5O5/c1-3-13(2)16(18(27)28)25-17(26)15(10-7-11-23-19(21)22)24-20(29)30-12-14-8-5-4-6-9-14/h4-6,8-9,13,15-16H,3,7,10-12H2,1-2H3,(H,24,29)(H,25,26)(H,27,28)(H4,21,22,23)/t13-,15+,16-/m0/s1. The van der Waals surface area contributed by atoms with Crippen molar-refractivity contribution in [3.8, 4) is 0 Å². The lowest BCUT2D eigenvalue weighted by Gasteiger charge is -2.24. The predicted octanol–water partition coefficient (Wildman–Crippen LogP) is 0.951. The Hall–Kier alpha value is -3.30. The second kappa shape index (κ2) is 13.0. The number of ether oxygens (including phenoxy) is 1. The van der Waals surface area contributed by atoms with E-state index in [1.807, 2.05) is 25.1 Å². The molecule has 0 aromatic heterocycles. The smallest absolute Gasteiger partial charge is 0.408 e. The van der Waals surface area contributed by atoms with Gasteiger partial charge in [-0.25, -0.2) is 9.59 Å². The molecule has 0 aliphatic rings. The Balaban J connectivity index is 2.76. The lowest BCUT2D eigenvalue weighted by molar-refractivity contribution is -0.143. The zero-order chi connectivity index (χ0) is 22.5. The van der Waals surface area contributed by atoms with Crippen LogP contribution in [0.2, 0.25) is 0 Å². The summed E-state index contributed by atoms with van der Waals surface area (Å²) in [4.78, 5) is 40.2. The number of carboxylic acids is 1. The fourth-order valence-corrected chi connectivity index (χ4v) is 2.62. The highest BCUT2D eigenvalue weighted by Crippen LogP contribution is 2.09. The van der Waals surface area contributed by atoms with Crippen LogP contribution < -0.4 is 22.1 Å². The number of carbonyl (C=O) groups is 3. The molecule has 0 radical (unpaired) electrons. The molecule has 0 aliphatic heterocycles. The summed E-state index contributed by atoms with van der Waals surface area (Å²) in [6.45, 7) is 3.87. The van der Waals surface area contributed by atoms with Gasteiger partial charge >= 0.3 is 12.1 Å². The molecule has 1 aromatic rings. The summed E-state index contributed by atoms with van der Waals surface area (Å²) in [6.07, 6.45) is 0.390. The zero-order valence-corrected chi connectivity index (χ0v) is 17.3. The van der Waals surface area contributed by atoms with E-state index in [0.717, 1.165) is 5.56 Å². The molecule has 0 bridgehead atoms. The molecule has 0 heterocycles. The Morgan fingerprint density at radius 3 is 2.40 bits per heavy atom. The largest absolute Gasteiger partial charge is 0.480 e. The molecule has 0 aliphatic carbocycles. The van der Waals surface area contributed by atoms with Crippen molar-refractivity contribution < 1.29 is 24.2 Å². The molecular formula is C20H31N5O5. The van der Waals surface area contributed by atoms with Gasteiger partial charge in [0.15, 0.2) is 5.96 Å². The second-order valence-corrected chi connectivity index (χ2v) is 6.92. The Morgan fingerprint density at radius 1 is 1.17 bits per heavy atom. The third kappa shape index (κ3) is 9.26. The summed E-state index contributed by atoms with van der Waals surface area (Å²) in [5.41, 5.74) is 11.4. The number of nitrogens with zero attached hydrogens (tertiary/aromatic N) is 1. The third-order valence-corrected chi connectivity index (χ3v) is 4.54. The lowest BCUT2D eigenvalue weighted by Crippen LogP contribution is -2.53. The van der Waals surface area contributed by atoms with Crippen LogP contribution in [0.15, 0.2) is 35.3 Å². The number of hydrogen-bond acceptors (Lipinski definition) is 5. The van der Waals surface area contributed by atoms with Crippen LogP contribution in [0.25, 0.3) is 0 Å². The first-order valence-corrected chi connectivity index (χ1v) is 9.80. The Morgan fingerprint density at radius 2 is 1.83 bits per heavy atom. The van der Waals surface area contributed by atoms with Crippen molar-refractivity contribution in [1.29, 1.82) is 0 Å². The van der Waals surface area contributed by atoms with Crippen LogP contribution >= 0.6 is 0 Å². The van der Waals surface area contributed by atoms with Crippen LogP contribution in [-0.2, 0) is 20.9 Å². The SMILES string of the molecule is CC[C@H](C)[C@H](NC(=O)[C@@H](CCCN=C(N)N)NC(=O)OCc1ccccc1)C(=O)O. The van der Waals surface area contributed by atoms with E-state index in [9.17, 15) is 19.5 Å². The van der Waals surface area contributed by atoms with Crippen molar-refractivity contribution in [2.75, 3.05) is 6.54 Å². The molecule has 0 spiro atoms. The van der Waals surface area contributed by atoms with E-state index in [-0.39, 0.29) is 31.4 Å². The number of carboxylic acid groups (broad SMARTS) is 1. The molecule has 7 N–H and O–H groups in total. The number of aliphatic imine (C=N–C) groups is 1. The number of carbonyl (C=O) groups excluding carboxylic acids is 2. The van der Waals surface area contributed by atoms with E-state index in [2.05, 4.69) is 15.6 Å². The van der Waals surface area contributed by atoms with Crippen molar-refractivity contribution in [3.63, 3.8) is 0 Å². The summed E-state index contributed by atoms with van der Waals surface area (Å²) >= 11 is 0. The van der Waals surface area contributed by atoms with E-state index in [0.29, 0.717) is 12.8 Å². The van der Waals surface area contributed by atoms with Gasteiger partial charge in [0.05, 0.1) is 0 Å². The number of amides is 2. The third-order valence-electron chi connectivity index (χ3n) is 4.54. The maximum atomic E-state index is 12.7. The van der Waals surface area contributed by atoms with Gasteiger partial charge in [-0.2, -0.15) is 0 Å². The van der Waals surface area contributed by atoms with Crippen LogP contribution in [0.1, 0.15) is 38.7 Å². The molecule has 3 atom stereocenters. The molecule has 0 unspecified atom stereocenters. The molecule has 0 saturated heterocycles. The summed E-state index contributed by atoms with van der Waals surface area (Å²) in [5, 5.41) is 14.4. The molecule has 166 valence electrons. The molecule has 0 fully saturated rings. The molecule has 1 rings (SSSR count). The van der Waals surface area contributed by atoms with E-state index < -0.39 is 30.1 Å². The monoisotopic (exact) mass is 421 g/mol. The zero-order valence-electron chi connectivity index (χ0n) is 17.3. The number of nitrogens with one attached hydrogen (secondary N) is 2. The predicted molar refractivity (Wildman–Crippen MR) is 112 cm³/mol. The number of alkyl carbamates (subject to hydrolysis) is 1.